The van der Waals surface area contributed by atoms with Gasteiger partial charge in [-0.2, -0.15) is 4.31 Å². The summed E-state index contributed by atoms with van der Waals surface area (Å²) in [6, 6.07) is 14.9. The van der Waals surface area contributed by atoms with E-state index in [2.05, 4.69) is 5.32 Å². The minimum atomic E-state index is -3.95. The van der Waals surface area contributed by atoms with Crippen LogP contribution in [0.2, 0.25) is 0 Å². The van der Waals surface area contributed by atoms with Gasteiger partial charge in [-0.25, -0.2) is 13.2 Å². The molecule has 44 heavy (non-hydrogen) atoms. The summed E-state index contributed by atoms with van der Waals surface area (Å²) < 4.78 is 52.1. The third-order valence-electron chi connectivity index (χ3n) is 8.93. The average Bonchev–Trinajstić information content (AvgIpc) is 3.40. The molecule has 2 aromatic rings. The largest absolute Gasteiger partial charge is 0.497 e. The van der Waals surface area contributed by atoms with Gasteiger partial charge in [0.05, 0.1) is 30.3 Å². The molecule has 2 aliphatic heterocycles. The van der Waals surface area contributed by atoms with Crippen LogP contribution in [-0.2, 0) is 30.7 Å². The molecule has 1 amide bonds. The number of carbonyl (C=O) groups excluding carboxylic acids is 1. The molecule has 0 bridgehead atoms. The topological polar surface area (TPSA) is 124 Å². The molecule has 10 nitrogen and oxygen atoms in total. The Morgan fingerprint density at radius 3 is 2.50 bits per heavy atom. The minimum Gasteiger partial charge on any atom is -0.497 e. The van der Waals surface area contributed by atoms with Crippen LogP contribution in [0.4, 0.5) is 4.79 Å². The Bertz CT molecular complexity index is 1320. The van der Waals surface area contributed by atoms with Crippen molar-refractivity contribution in [2.75, 3.05) is 26.8 Å². The molecule has 2 heterocycles. The highest BCUT2D eigenvalue weighted by Crippen LogP contribution is 2.46. The summed E-state index contributed by atoms with van der Waals surface area (Å²) >= 11 is 0. The van der Waals surface area contributed by atoms with Gasteiger partial charge in [-0.05, 0) is 74.3 Å². The Balaban J connectivity index is 1.32. The van der Waals surface area contributed by atoms with Crippen molar-refractivity contribution < 1.29 is 37.3 Å². The first-order valence-electron chi connectivity index (χ1n) is 15.8. The molecule has 3 aliphatic rings. The Hall–Kier alpha value is -2.70. The quantitative estimate of drug-likeness (QED) is 0.355. The van der Waals surface area contributed by atoms with Crippen LogP contribution in [0.3, 0.4) is 0 Å². The van der Waals surface area contributed by atoms with Crippen molar-refractivity contribution in [1.82, 2.24) is 9.62 Å². The summed E-state index contributed by atoms with van der Waals surface area (Å²) in [7, 11) is -2.43. The van der Waals surface area contributed by atoms with Crippen molar-refractivity contribution in [3.8, 4) is 5.75 Å². The molecule has 2 saturated heterocycles. The molecule has 11 heteroatoms. The number of rotatable bonds is 12. The second kappa shape index (κ2) is 14.6. The van der Waals surface area contributed by atoms with Crippen LogP contribution >= 0.6 is 0 Å². The summed E-state index contributed by atoms with van der Waals surface area (Å²) in [5.74, 6) is 0.824. The lowest BCUT2D eigenvalue weighted by atomic mass is 9.75. The van der Waals surface area contributed by atoms with Gasteiger partial charge < -0.3 is 29.4 Å². The summed E-state index contributed by atoms with van der Waals surface area (Å²) in [5.41, 5.74) is 0.898. The first kappa shape index (κ1) is 32.7. The first-order chi connectivity index (χ1) is 21.2. The van der Waals surface area contributed by atoms with Crippen molar-refractivity contribution in [2.24, 2.45) is 17.8 Å². The third kappa shape index (κ3) is 7.74. The summed E-state index contributed by atoms with van der Waals surface area (Å²) in [4.78, 5) is 13.6. The van der Waals surface area contributed by atoms with Crippen LogP contribution in [0.25, 0.3) is 0 Å². The molecule has 1 saturated carbocycles. The number of aliphatic hydroxyl groups excluding tert-OH is 1. The van der Waals surface area contributed by atoms with Gasteiger partial charge in [-0.1, -0.05) is 44.2 Å². The molecule has 7 atom stereocenters. The van der Waals surface area contributed by atoms with E-state index in [1.54, 1.807) is 12.1 Å². The van der Waals surface area contributed by atoms with E-state index in [1.807, 2.05) is 44.2 Å². The third-order valence-corrected chi connectivity index (χ3v) is 10.8. The number of nitrogens with zero attached hydrogens (tertiary/aromatic N) is 1. The summed E-state index contributed by atoms with van der Waals surface area (Å²) in [6.45, 7) is 4.53. The van der Waals surface area contributed by atoms with Gasteiger partial charge in [0.1, 0.15) is 11.9 Å². The van der Waals surface area contributed by atoms with E-state index >= 15 is 0 Å². The number of carbonyl (C=O) groups is 1. The van der Waals surface area contributed by atoms with Gasteiger partial charge in [0, 0.05) is 31.5 Å². The number of fused-ring (bicyclic) bond motifs is 3. The van der Waals surface area contributed by atoms with Gasteiger partial charge in [0.2, 0.25) is 10.0 Å². The van der Waals surface area contributed by atoms with Crippen LogP contribution in [-0.4, -0.2) is 81.4 Å². The number of sulfonamides is 1. The van der Waals surface area contributed by atoms with Gasteiger partial charge in [-0.15, -0.1) is 0 Å². The lowest BCUT2D eigenvalue weighted by Gasteiger charge is -2.36. The predicted octanol–water partition coefficient (Wildman–Crippen LogP) is 4.36. The Kier molecular flexibility index (Phi) is 10.8. The maximum atomic E-state index is 13.7. The molecular weight excluding hydrogens is 584 g/mol. The molecule has 242 valence electrons. The number of hydrogen-bond donors (Lipinski definition) is 2. The second-order valence-electron chi connectivity index (χ2n) is 12.6. The fourth-order valence-electron chi connectivity index (χ4n) is 6.84. The lowest BCUT2D eigenvalue weighted by molar-refractivity contribution is -0.167. The maximum absolute atomic E-state index is 13.7. The molecule has 0 aromatic heterocycles. The van der Waals surface area contributed by atoms with Crippen molar-refractivity contribution >= 4 is 16.1 Å². The number of alkyl carbamates (subject to hydrolysis) is 1. The molecule has 0 radical (unpaired) electrons. The normalized spacial score (nSPS) is 26.5. The molecule has 5 unspecified atom stereocenters. The maximum Gasteiger partial charge on any atom is 0.407 e. The highest BCUT2D eigenvalue weighted by molar-refractivity contribution is 7.89. The Morgan fingerprint density at radius 1 is 1.05 bits per heavy atom. The molecule has 2 aromatic carbocycles. The SMILES string of the molecule is COc1ccc(S(=O)(=O)N(CC(C)C)C[C@@H](O)[C@H](Cc2ccccc2)NC(=O)OC2CCCC3OC4OCCCC4C23)cc1. The summed E-state index contributed by atoms with van der Waals surface area (Å²) in [5, 5.41) is 14.5. The molecular formula is C33H46N2O8S. The summed E-state index contributed by atoms with van der Waals surface area (Å²) in [6.07, 6.45) is 2.43. The highest BCUT2D eigenvalue weighted by atomic mass is 32.2. The van der Waals surface area contributed by atoms with Gasteiger partial charge >= 0.3 is 6.09 Å². The molecule has 0 spiro atoms. The number of methoxy groups -OCH3 is 1. The van der Waals surface area contributed by atoms with E-state index < -0.39 is 28.3 Å². The Morgan fingerprint density at radius 2 is 1.80 bits per heavy atom. The lowest BCUT2D eigenvalue weighted by Crippen LogP contribution is -2.52. The van der Waals surface area contributed by atoms with E-state index in [9.17, 15) is 18.3 Å². The highest BCUT2D eigenvalue weighted by Gasteiger charge is 2.52. The van der Waals surface area contributed by atoms with Crippen molar-refractivity contribution in [2.45, 2.75) is 87.9 Å². The molecule has 2 N–H and O–H groups in total. The molecule has 1 aliphatic carbocycles. The zero-order valence-electron chi connectivity index (χ0n) is 25.8. The molecule has 3 fully saturated rings. The smallest absolute Gasteiger partial charge is 0.407 e. The monoisotopic (exact) mass is 630 g/mol. The number of benzene rings is 2. The van der Waals surface area contributed by atoms with Crippen molar-refractivity contribution in [3.05, 3.63) is 60.2 Å². The fourth-order valence-corrected chi connectivity index (χ4v) is 8.46. The van der Waals surface area contributed by atoms with Crippen LogP contribution in [0, 0.1) is 17.8 Å². The standard InChI is InChI=1S/C33H46N2O8S/c1-22(2)20-35(44(38,39)25-16-14-24(40-3)15-17-25)21-28(36)27(19-23-9-5-4-6-10-23)34-33(37)43-30-13-7-12-29-31(30)26-11-8-18-41-32(26)42-29/h4-6,9-10,14-17,22,26-32,36H,7-8,11-13,18-21H2,1-3H3,(H,34,37)/t26?,27-,28+,29?,30?,31?,32?/m0/s1. The number of amides is 1. The van der Waals surface area contributed by atoms with Gasteiger partial charge in [0.15, 0.2) is 6.29 Å². The van der Waals surface area contributed by atoms with Crippen LogP contribution in [0.15, 0.2) is 59.5 Å². The van der Waals surface area contributed by atoms with Crippen LogP contribution in [0.1, 0.15) is 51.5 Å². The zero-order valence-corrected chi connectivity index (χ0v) is 26.7. The van der Waals surface area contributed by atoms with E-state index in [4.69, 9.17) is 18.9 Å². The fraction of sp³-hybridized carbons (Fsp3) is 0.606. The van der Waals surface area contributed by atoms with E-state index in [0.29, 0.717) is 18.8 Å². The number of ether oxygens (including phenoxy) is 4. The first-order valence-corrected chi connectivity index (χ1v) is 17.2. The predicted molar refractivity (Wildman–Crippen MR) is 165 cm³/mol. The minimum absolute atomic E-state index is 0.00110. The van der Waals surface area contributed by atoms with E-state index in [0.717, 1.165) is 37.7 Å². The number of nitrogens with one attached hydrogen (secondary N) is 1. The van der Waals surface area contributed by atoms with Gasteiger partial charge in [0.25, 0.3) is 0 Å². The van der Waals surface area contributed by atoms with Crippen molar-refractivity contribution in [1.29, 1.82) is 0 Å². The van der Waals surface area contributed by atoms with E-state index in [1.165, 1.54) is 23.5 Å². The van der Waals surface area contributed by atoms with Crippen molar-refractivity contribution in [3.63, 3.8) is 0 Å². The Labute approximate surface area is 261 Å². The molecule has 5 rings (SSSR count). The van der Waals surface area contributed by atoms with Crippen LogP contribution in [0.5, 0.6) is 5.75 Å². The zero-order chi connectivity index (χ0) is 31.3. The number of hydrogen-bond acceptors (Lipinski definition) is 8. The van der Waals surface area contributed by atoms with E-state index in [-0.39, 0.29) is 54.2 Å². The van der Waals surface area contributed by atoms with Crippen LogP contribution < -0.4 is 10.1 Å². The average molecular weight is 631 g/mol. The second-order valence-corrected chi connectivity index (χ2v) is 14.5. The number of aliphatic hydroxyl groups is 1. The van der Waals surface area contributed by atoms with Gasteiger partial charge in [-0.3, -0.25) is 0 Å².